The monoisotopic (exact) mass is 391 g/mol. The van der Waals surface area contributed by atoms with Crippen molar-refractivity contribution >= 4 is 16.7 Å². The lowest BCUT2D eigenvalue weighted by molar-refractivity contribution is 0.0999. The lowest BCUT2D eigenvalue weighted by Crippen LogP contribution is -2.19. The van der Waals surface area contributed by atoms with Crippen molar-refractivity contribution in [3.8, 4) is 11.6 Å². The third-order valence-corrected chi connectivity index (χ3v) is 5.19. The van der Waals surface area contributed by atoms with E-state index in [9.17, 15) is 4.79 Å². The van der Waals surface area contributed by atoms with Crippen LogP contribution in [0.15, 0.2) is 54.7 Å². The van der Waals surface area contributed by atoms with Gasteiger partial charge in [0.05, 0.1) is 11.7 Å². The zero-order valence-electron chi connectivity index (χ0n) is 16.3. The number of rotatable bonds is 8. The summed E-state index contributed by atoms with van der Waals surface area (Å²) in [4.78, 5) is 15.4. The summed E-state index contributed by atoms with van der Waals surface area (Å²) in [7, 11) is 0. The number of benzene rings is 2. The Morgan fingerprint density at radius 2 is 2.03 bits per heavy atom. The molecule has 1 saturated heterocycles. The largest absolute Gasteiger partial charge is 0.438 e. The van der Waals surface area contributed by atoms with Crippen LogP contribution < -0.4 is 15.8 Å². The van der Waals surface area contributed by atoms with Crippen molar-refractivity contribution in [3.63, 3.8) is 0 Å². The van der Waals surface area contributed by atoms with E-state index in [1.54, 1.807) is 12.1 Å². The Morgan fingerprint density at radius 1 is 1.17 bits per heavy atom. The predicted molar refractivity (Wildman–Crippen MR) is 112 cm³/mol. The number of ether oxygens (including phenoxy) is 2. The van der Waals surface area contributed by atoms with Gasteiger partial charge in [0.25, 0.3) is 0 Å². The SMILES string of the molecule is NC(=O)c1ccc(Oc2cccc3c(CNCCC4CCCO4)cccc23)nc1. The molecule has 29 heavy (non-hydrogen) atoms. The van der Waals surface area contributed by atoms with Gasteiger partial charge in [0, 0.05) is 30.8 Å². The Balaban J connectivity index is 1.46. The molecule has 2 aromatic carbocycles. The van der Waals surface area contributed by atoms with Gasteiger partial charge in [0.1, 0.15) is 5.75 Å². The number of carbonyl (C=O) groups is 1. The summed E-state index contributed by atoms with van der Waals surface area (Å²) in [6.07, 6.45) is 5.23. The first-order valence-electron chi connectivity index (χ1n) is 9.97. The summed E-state index contributed by atoms with van der Waals surface area (Å²) >= 11 is 0. The van der Waals surface area contributed by atoms with E-state index in [2.05, 4.69) is 22.4 Å². The Labute approximate surface area is 170 Å². The van der Waals surface area contributed by atoms with Crippen molar-refractivity contribution in [2.24, 2.45) is 5.73 Å². The molecule has 150 valence electrons. The summed E-state index contributed by atoms with van der Waals surface area (Å²) in [5.41, 5.74) is 6.83. The maximum atomic E-state index is 11.2. The van der Waals surface area contributed by atoms with Crippen molar-refractivity contribution in [1.29, 1.82) is 0 Å². The van der Waals surface area contributed by atoms with Crippen LogP contribution in [-0.4, -0.2) is 30.1 Å². The van der Waals surface area contributed by atoms with E-state index in [-0.39, 0.29) is 0 Å². The highest BCUT2D eigenvalue weighted by Gasteiger charge is 2.14. The summed E-state index contributed by atoms with van der Waals surface area (Å²) < 4.78 is 11.7. The van der Waals surface area contributed by atoms with Gasteiger partial charge in [-0.25, -0.2) is 4.98 Å². The molecule has 1 fully saturated rings. The van der Waals surface area contributed by atoms with E-state index in [1.165, 1.54) is 24.6 Å². The van der Waals surface area contributed by atoms with Crippen molar-refractivity contribution in [2.45, 2.75) is 31.9 Å². The second kappa shape index (κ2) is 9.03. The average Bonchev–Trinajstić information content (AvgIpc) is 3.25. The zero-order valence-corrected chi connectivity index (χ0v) is 16.3. The van der Waals surface area contributed by atoms with E-state index >= 15 is 0 Å². The molecule has 1 aliphatic rings. The number of pyridine rings is 1. The van der Waals surface area contributed by atoms with E-state index < -0.39 is 5.91 Å². The topological polar surface area (TPSA) is 86.5 Å². The fourth-order valence-electron chi connectivity index (χ4n) is 3.65. The van der Waals surface area contributed by atoms with Crippen molar-refractivity contribution in [1.82, 2.24) is 10.3 Å². The molecule has 3 N–H and O–H groups in total. The first kappa shape index (κ1) is 19.4. The molecule has 0 aliphatic carbocycles. The highest BCUT2D eigenvalue weighted by molar-refractivity contribution is 5.92. The molecule has 1 unspecified atom stereocenters. The number of hydrogen-bond acceptors (Lipinski definition) is 5. The Hall–Kier alpha value is -2.96. The molecule has 0 radical (unpaired) electrons. The quantitative estimate of drug-likeness (QED) is 0.571. The molecular weight excluding hydrogens is 366 g/mol. The Bertz CT molecular complexity index is 982. The highest BCUT2D eigenvalue weighted by Crippen LogP contribution is 2.31. The number of aromatic nitrogens is 1. The number of carbonyl (C=O) groups excluding carboxylic acids is 1. The zero-order chi connectivity index (χ0) is 20.1. The number of nitrogens with zero attached hydrogens (tertiary/aromatic N) is 1. The van der Waals surface area contributed by atoms with Crippen LogP contribution in [0.2, 0.25) is 0 Å². The summed E-state index contributed by atoms with van der Waals surface area (Å²) in [5.74, 6) is 0.636. The number of fused-ring (bicyclic) bond motifs is 1. The van der Waals surface area contributed by atoms with Gasteiger partial charge < -0.3 is 20.5 Å². The molecule has 3 aromatic rings. The fraction of sp³-hybridized carbons (Fsp3) is 0.304. The van der Waals surface area contributed by atoms with Crippen LogP contribution in [0, 0.1) is 0 Å². The predicted octanol–water partition coefficient (Wildman–Crippen LogP) is 3.78. The smallest absolute Gasteiger partial charge is 0.250 e. The first-order chi connectivity index (χ1) is 14.2. The minimum atomic E-state index is -0.508. The van der Waals surface area contributed by atoms with Gasteiger partial charge in [-0.3, -0.25) is 4.79 Å². The minimum Gasteiger partial charge on any atom is -0.438 e. The molecule has 2 heterocycles. The van der Waals surface area contributed by atoms with Crippen LogP contribution >= 0.6 is 0 Å². The van der Waals surface area contributed by atoms with E-state index in [1.807, 2.05) is 24.3 Å². The minimum absolute atomic E-state index is 0.353. The van der Waals surface area contributed by atoms with Gasteiger partial charge in [0.15, 0.2) is 0 Å². The van der Waals surface area contributed by atoms with Crippen LogP contribution in [0.25, 0.3) is 10.8 Å². The standard InChI is InChI=1S/C23H25N3O3/c24-23(27)17-9-10-22(26-15-17)29-21-8-2-6-19-16(4-1-7-20(19)21)14-25-12-11-18-5-3-13-28-18/h1-2,4,6-10,15,18,25H,3,5,11-14H2,(H2,24,27). The van der Waals surface area contributed by atoms with Gasteiger partial charge in [-0.15, -0.1) is 0 Å². The van der Waals surface area contributed by atoms with Crippen molar-refractivity contribution < 1.29 is 14.3 Å². The van der Waals surface area contributed by atoms with Crippen LogP contribution in [0.4, 0.5) is 0 Å². The van der Waals surface area contributed by atoms with Gasteiger partial charge in [-0.1, -0.05) is 30.3 Å². The molecule has 6 heteroatoms. The van der Waals surface area contributed by atoms with Crippen LogP contribution in [0.3, 0.4) is 0 Å². The second-order valence-electron chi connectivity index (χ2n) is 7.22. The molecule has 1 amide bonds. The molecule has 1 atom stereocenters. The lowest BCUT2D eigenvalue weighted by atomic mass is 10.0. The Kier molecular flexibility index (Phi) is 6.03. The summed E-state index contributed by atoms with van der Waals surface area (Å²) in [5, 5.41) is 5.69. The lowest BCUT2D eigenvalue weighted by Gasteiger charge is -2.13. The second-order valence-corrected chi connectivity index (χ2v) is 7.22. The van der Waals surface area contributed by atoms with Gasteiger partial charge in [0.2, 0.25) is 11.8 Å². The molecule has 6 nitrogen and oxygen atoms in total. The molecule has 0 saturated carbocycles. The number of hydrogen-bond donors (Lipinski definition) is 2. The third-order valence-electron chi connectivity index (χ3n) is 5.19. The van der Waals surface area contributed by atoms with Gasteiger partial charge in [-0.2, -0.15) is 0 Å². The van der Waals surface area contributed by atoms with E-state index in [0.29, 0.717) is 17.5 Å². The highest BCUT2D eigenvalue weighted by atomic mass is 16.5. The number of primary amides is 1. The van der Waals surface area contributed by atoms with E-state index in [4.69, 9.17) is 15.2 Å². The Morgan fingerprint density at radius 3 is 2.79 bits per heavy atom. The van der Waals surface area contributed by atoms with Crippen LogP contribution in [0.1, 0.15) is 35.2 Å². The van der Waals surface area contributed by atoms with Crippen molar-refractivity contribution in [3.05, 3.63) is 65.9 Å². The first-order valence-corrected chi connectivity index (χ1v) is 9.97. The van der Waals surface area contributed by atoms with Gasteiger partial charge in [-0.05, 0) is 48.9 Å². The van der Waals surface area contributed by atoms with Crippen molar-refractivity contribution in [2.75, 3.05) is 13.2 Å². The maximum Gasteiger partial charge on any atom is 0.250 e. The maximum absolute atomic E-state index is 11.2. The average molecular weight is 391 g/mol. The van der Waals surface area contributed by atoms with Gasteiger partial charge >= 0.3 is 0 Å². The molecule has 0 bridgehead atoms. The van der Waals surface area contributed by atoms with Crippen LogP contribution in [0.5, 0.6) is 11.6 Å². The number of nitrogens with one attached hydrogen (secondary N) is 1. The molecule has 0 spiro atoms. The normalized spacial score (nSPS) is 16.2. The number of nitrogens with two attached hydrogens (primary N) is 1. The molecule has 1 aliphatic heterocycles. The summed E-state index contributed by atoms with van der Waals surface area (Å²) in [6.45, 7) is 2.63. The fourth-order valence-corrected chi connectivity index (χ4v) is 3.65. The number of amides is 1. The summed E-state index contributed by atoms with van der Waals surface area (Å²) in [6, 6.07) is 15.5. The van der Waals surface area contributed by atoms with Crippen LogP contribution in [-0.2, 0) is 11.3 Å². The molecular formula is C23H25N3O3. The molecule has 1 aromatic heterocycles. The third kappa shape index (κ3) is 4.72. The van der Waals surface area contributed by atoms with E-state index in [0.717, 1.165) is 42.6 Å². The molecule has 4 rings (SSSR count).